The normalized spacial score (nSPS) is 13.9. The molecular formula is C17H21N3O5S2. The van der Waals surface area contributed by atoms with Crippen LogP contribution in [0.25, 0.3) is 0 Å². The first-order chi connectivity index (χ1) is 12.6. The Kier molecular flexibility index (Phi) is 5.15. The lowest BCUT2D eigenvalue weighted by atomic mass is 10.1. The lowest BCUT2D eigenvalue weighted by Crippen LogP contribution is -2.34. The van der Waals surface area contributed by atoms with Gasteiger partial charge in [0.25, 0.3) is 10.0 Å². The summed E-state index contributed by atoms with van der Waals surface area (Å²) in [5.74, 6) is 0.474. The minimum Gasteiger partial charge on any atom is -0.495 e. The third-order valence-corrected chi connectivity index (χ3v) is 7.28. The molecule has 0 atom stereocenters. The number of fused-ring (bicyclic) bond motifs is 1. The third kappa shape index (κ3) is 4.07. The van der Waals surface area contributed by atoms with Gasteiger partial charge in [-0.15, -0.1) is 11.3 Å². The number of nitrogens with zero attached hydrogens (tertiary/aromatic N) is 1. The first kappa shape index (κ1) is 19.6. The zero-order chi connectivity index (χ0) is 19.8. The number of anilines is 1. The molecule has 2 amide bonds. The highest BCUT2D eigenvalue weighted by Crippen LogP contribution is 2.36. The summed E-state index contributed by atoms with van der Waals surface area (Å²) in [6, 6.07) is 2.81. The molecule has 27 heavy (non-hydrogen) atoms. The first-order valence-electron chi connectivity index (χ1n) is 8.33. The van der Waals surface area contributed by atoms with E-state index < -0.39 is 21.7 Å². The van der Waals surface area contributed by atoms with Crippen LogP contribution in [0.15, 0.2) is 22.7 Å². The van der Waals surface area contributed by atoms with E-state index in [0.717, 1.165) is 41.7 Å². The summed E-state index contributed by atoms with van der Waals surface area (Å²) in [5.41, 5.74) is 1.34. The molecule has 0 radical (unpaired) electrons. The van der Waals surface area contributed by atoms with E-state index in [1.54, 1.807) is 6.07 Å². The number of hydrogen-bond donors (Lipinski definition) is 3. The van der Waals surface area contributed by atoms with Crippen LogP contribution in [0, 0.1) is 0 Å². The standard InChI is InChI=1S/C17H21N3O5S2/c1-17(2,22)13-9-18-16(26-13)27(23,24)20-15(21)19-14-11-6-4-5-10(11)7-8-12(14)25-3/h7-9,22H,4-6H2,1-3H3,(H2,19,20,21). The van der Waals surface area contributed by atoms with Crippen molar-refractivity contribution in [1.29, 1.82) is 0 Å². The SMILES string of the molecule is COc1ccc2c(c1NC(=O)NS(=O)(=O)c1ncc(C(C)(C)O)s1)CCC2. The van der Waals surface area contributed by atoms with Gasteiger partial charge < -0.3 is 15.2 Å². The molecule has 1 heterocycles. The van der Waals surface area contributed by atoms with Gasteiger partial charge >= 0.3 is 6.03 Å². The van der Waals surface area contributed by atoms with Crippen molar-refractivity contribution in [2.75, 3.05) is 12.4 Å². The molecule has 3 N–H and O–H groups in total. The molecule has 0 unspecified atom stereocenters. The predicted octanol–water partition coefficient (Wildman–Crippen LogP) is 2.38. The highest BCUT2D eigenvalue weighted by Gasteiger charge is 2.27. The lowest BCUT2D eigenvalue weighted by Gasteiger charge is -2.15. The maximum atomic E-state index is 12.4. The van der Waals surface area contributed by atoms with Gasteiger partial charge in [0.1, 0.15) is 5.75 Å². The van der Waals surface area contributed by atoms with Crippen LogP contribution in [0.3, 0.4) is 0 Å². The Morgan fingerprint density at radius 2 is 2.07 bits per heavy atom. The van der Waals surface area contributed by atoms with E-state index in [1.807, 2.05) is 10.8 Å². The van der Waals surface area contributed by atoms with E-state index in [1.165, 1.54) is 27.2 Å². The number of hydrogen-bond acceptors (Lipinski definition) is 7. The number of rotatable bonds is 5. The summed E-state index contributed by atoms with van der Waals surface area (Å²) in [7, 11) is -2.67. The van der Waals surface area contributed by atoms with Gasteiger partial charge in [0.15, 0.2) is 0 Å². The van der Waals surface area contributed by atoms with Gasteiger partial charge in [-0.25, -0.2) is 14.5 Å². The molecule has 1 aliphatic carbocycles. The summed E-state index contributed by atoms with van der Waals surface area (Å²) >= 11 is 0.807. The number of aryl methyl sites for hydroxylation is 1. The minimum absolute atomic E-state index is 0.292. The lowest BCUT2D eigenvalue weighted by molar-refractivity contribution is 0.0823. The largest absolute Gasteiger partial charge is 0.495 e. The van der Waals surface area contributed by atoms with Crippen molar-refractivity contribution >= 4 is 33.1 Å². The van der Waals surface area contributed by atoms with Crippen molar-refractivity contribution < 1.29 is 23.1 Å². The van der Waals surface area contributed by atoms with E-state index in [4.69, 9.17) is 4.74 Å². The smallest absolute Gasteiger partial charge is 0.333 e. The van der Waals surface area contributed by atoms with Crippen molar-refractivity contribution in [2.45, 2.75) is 43.1 Å². The summed E-state index contributed by atoms with van der Waals surface area (Å²) in [6.45, 7) is 3.05. The van der Waals surface area contributed by atoms with Gasteiger partial charge in [-0.3, -0.25) is 0 Å². The molecule has 0 saturated heterocycles. The number of ether oxygens (including phenoxy) is 1. The Morgan fingerprint density at radius 1 is 1.33 bits per heavy atom. The Morgan fingerprint density at radius 3 is 2.70 bits per heavy atom. The molecule has 1 aromatic heterocycles. The minimum atomic E-state index is -4.16. The van der Waals surface area contributed by atoms with Gasteiger partial charge in [-0.2, -0.15) is 8.42 Å². The second-order valence-electron chi connectivity index (χ2n) is 6.74. The average molecular weight is 412 g/mol. The molecule has 146 valence electrons. The van der Waals surface area contributed by atoms with Crippen LogP contribution in [-0.4, -0.2) is 31.6 Å². The predicted molar refractivity (Wildman–Crippen MR) is 102 cm³/mol. The number of aromatic nitrogens is 1. The fourth-order valence-corrected chi connectivity index (χ4v) is 4.98. The number of benzene rings is 1. The van der Waals surface area contributed by atoms with Crippen LogP contribution in [0.4, 0.5) is 10.5 Å². The molecule has 1 aromatic carbocycles. The number of methoxy groups -OCH3 is 1. The Bertz CT molecular complexity index is 977. The molecule has 0 aliphatic heterocycles. The monoisotopic (exact) mass is 411 g/mol. The Hall–Kier alpha value is -2.17. The maximum Gasteiger partial charge on any atom is 0.333 e. The van der Waals surface area contributed by atoms with Crippen molar-refractivity contribution in [3.63, 3.8) is 0 Å². The number of amides is 2. The highest BCUT2D eigenvalue weighted by atomic mass is 32.2. The van der Waals surface area contributed by atoms with Crippen LogP contribution in [0.2, 0.25) is 0 Å². The number of carbonyl (C=O) groups excluding carboxylic acids is 1. The number of aliphatic hydroxyl groups is 1. The van der Waals surface area contributed by atoms with Crippen LogP contribution < -0.4 is 14.8 Å². The number of nitrogens with one attached hydrogen (secondary N) is 2. The fraction of sp³-hybridized carbons (Fsp3) is 0.412. The zero-order valence-corrected chi connectivity index (χ0v) is 16.8. The molecular weight excluding hydrogens is 390 g/mol. The zero-order valence-electron chi connectivity index (χ0n) is 15.2. The molecule has 0 fully saturated rings. The summed E-state index contributed by atoms with van der Waals surface area (Å²) < 4.78 is 31.8. The molecule has 3 rings (SSSR count). The average Bonchev–Trinajstić information content (AvgIpc) is 3.24. The van der Waals surface area contributed by atoms with Crippen molar-refractivity contribution in [3.8, 4) is 5.75 Å². The molecule has 0 spiro atoms. The third-order valence-electron chi connectivity index (χ3n) is 4.25. The van der Waals surface area contributed by atoms with Crippen LogP contribution in [-0.2, 0) is 28.5 Å². The van der Waals surface area contributed by atoms with E-state index in [2.05, 4.69) is 10.3 Å². The van der Waals surface area contributed by atoms with E-state index in [-0.39, 0.29) is 4.34 Å². The second-order valence-corrected chi connectivity index (χ2v) is 9.63. The van der Waals surface area contributed by atoms with Crippen LogP contribution in [0.1, 0.15) is 36.3 Å². The van der Waals surface area contributed by atoms with Crippen molar-refractivity contribution in [1.82, 2.24) is 9.71 Å². The number of sulfonamides is 1. The van der Waals surface area contributed by atoms with Gasteiger partial charge in [-0.05, 0) is 50.3 Å². The van der Waals surface area contributed by atoms with Crippen molar-refractivity contribution in [2.24, 2.45) is 0 Å². The number of carbonyl (C=O) groups is 1. The van der Waals surface area contributed by atoms with Crippen molar-refractivity contribution in [3.05, 3.63) is 34.3 Å². The Balaban J connectivity index is 1.80. The quantitative estimate of drug-likeness (QED) is 0.695. The fourth-order valence-electron chi connectivity index (χ4n) is 2.92. The van der Waals surface area contributed by atoms with E-state index in [0.29, 0.717) is 16.3 Å². The van der Waals surface area contributed by atoms with Gasteiger partial charge in [0, 0.05) is 6.20 Å². The summed E-state index contributed by atoms with van der Waals surface area (Å²) in [6.07, 6.45) is 3.95. The van der Waals surface area contributed by atoms with E-state index >= 15 is 0 Å². The molecule has 8 nitrogen and oxygen atoms in total. The first-order valence-corrected chi connectivity index (χ1v) is 10.6. The second kappa shape index (κ2) is 7.10. The number of urea groups is 1. The molecule has 1 aliphatic rings. The topological polar surface area (TPSA) is 118 Å². The van der Waals surface area contributed by atoms with Gasteiger partial charge in [0.2, 0.25) is 4.34 Å². The van der Waals surface area contributed by atoms with Gasteiger partial charge in [-0.1, -0.05) is 6.07 Å². The molecule has 10 heteroatoms. The van der Waals surface area contributed by atoms with Crippen LogP contribution >= 0.6 is 11.3 Å². The molecule has 2 aromatic rings. The maximum absolute atomic E-state index is 12.4. The summed E-state index contributed by atoms with van der Waals surface area (Å²) in [4.78, 5) is 16.5. The highest BCUT2D eigenvalue weighted by molar-refractivity contribution is 7.92. The summed E-state index contributed by atoms with van der Waals surface area (Å²) in [5, 5.41) is 12.6. The van der Waals surface area contributed by atoms with Crippen LogP contribution in [0.5, 0.6) is 5.75 Å². The molecule has 0 bridgehead atoms. The van der Waals surface area contributed by atoms with E-state index in [9.17, 15) is 18.3 Å². The van der Waals surface area contributed by atoms with Gasteiger partial charge in [0.05, 0.1) is 23.3 Å². The molecule has 0 saturated carbocycles. The Labute approximate surface area is 161 Å². The number of thiazole rings is 1.